The summed E-state index contributed by atoms with van der Waals surface area (Å²) in [6.07, 6.45) is -4.40. The highest BCUT2D eigenvalue weighted by Crippen LogP contribution is 2.28. The first-order valence-electron chi connectivity index (χ1n) is 5.70. The van der Waals surface area contributed by atoms with Gasteiger partial charge >= 0.3 is 12.2 Å². The van der Waals surface area contributed by atoms with Crippen LogP contribution in [0.2, 0.25) is 0 Å². The van der Waals surface area contributed by atoms with Crippen molar-refractivity contribution >= 4 is 6.03 Å². The Morgan fingerprint density at radius 1 is 1.22 bits per heavy atom. The zero-order valence-corrected chi connectivity index (χ0v) is 11.0. The molecule has 0 aromatic heterocycles. The van der Waals surface area contributed by atoms with Crippen molar-refractivity contribution in [2.24, 2.45) is 0 Å². The molecule has 0 aromatic rings. The molecular weight excluding hydrogens is 249 g/mol. The number of carbonyl (C=O) groups excluding carboxylic acids is 1. The van der Waals surface area contributed by atoms with Crippen LogP contribution < -0.4 is 5.32 Å². The van der Waals surface area contributed by atoms with Gasteiger partial charge in [-0.25, -0.2) is 4.79 Å². The zero-order chi connectivity index (χ0) is 14.2. The molecule has 4 nitrogen and oxygen atoms in total. The van der Waals surface area contributed by atoms with E-state index in [4.69, 9.17) is 4.74 Å². The summed E-state index contributed by atoms with van der Waals surface area (Å²) in [7, 11) is 0. The van der Waals surface area contributed by atoms with Crippen LogP contribution in [0.25, 0.3) is 0 Å². The summed E-state index contributed by atoms with van der Waals surface area (Å²) in [5, 5.41) is 1.87. The number of morpholine rings is 1. The van der Waals surface area contributed by atoms with Crippen LogP contribution in [0.1, 0.15) is 27.7 Å². The van der Waals surface area contributed by atoms with Gasteiger partial charge in [-0.2, -0.15) is 13.2 Å². The molecule has 0 spiro atoms. The number of amides is 2. The summed E-state index contributed by atoms with van der Waals surface area (Å²) in [5.41, 5.74) is -1.14. The average Bonchev–Trinajstić information content (AvgIpc) is 2.07. The second kappa shape index (κ2) is 4.60. The highest BCUT2D eigenvalue weighted by molar-refractivity contribution is 5.74. The summed E-state index contributed by atoms with van der Waals surface area (Å²) >= 11 is 0. The maximum atomic E-state index is 12.0. The molecule has 0 bridgehead atoms. The van der Waals surface area contributed by atoms with Crippen molar-refractivity contribution in [2.75, 3.05) is 19.6 Å². The molecule has 7 heteroatoms. The minimum atomic E-state index is -4.40. The first-order valence-corrected chi connectivity index (χ1v) is 5.70. The van der Waals surface area contributed by atoms with Crippen LogP contribution >= 0.6 is 0 Å². The molecule has 0 atom stereocenters. The quantitative estimate of drug-likeness (QED) is 0.791. The molecule has 1 aliphatic heterocycles. The third-order valence-electron chi connectivity index (χ3n) is 2.42. The summed E-state index contributed by atoms with van der Waals surface area (Å²) < 4.78 is 41.8. The van der Waals surface area contributed by atoms with Gasteiger partial charge in [0.05, 0.1) is 24.3 Å². The number of carbonyl (C=O) groups is 1. The zero-order valence-electron chi connectivity index (χ0n) is 11.0. The number of urea groups is 1. The predicted molar refractivity (Wildman–Crippen MR) is 60.3 cm³/mol. The Balaban J connectivity index is 2.63. The standard InChI is InChI=1S/C11H19F3N2O2/c1-9(2)6-16(7-10(3,4)18-9)8(17)15-5-11(12,13)14/h5-7H2,1-4H3,(H,15,17). The molecule has 1 heterocycles. The van der Waals surface area contributed by atoms with Crippen LogP contribution in [0, 0.1) is 0 Å². The minimum absolute atomic E-state index is 0.264. The molecule has 1 fully saturated rings. The number of hydrogen-bond acceptors (Lipinski definition) is 2. The lowest BCUT2D eigenvalue weighted by atomic mass is 9.99. The van der Waals surface area contributed by atoms with Crippen molar-refractivity contribution in [3.05, 3.63) is 0 Å². The van der Waals surface area contributed by atoms with Crippen molar-refractivity contribution < 1.29 is 22.7 Å². The number of nitrogens with zero attached hydrogens (tertiary/aromatic N) is 1. The Kier molecular flexibility index (Phi) is 3.86. The summed E-state index contributed by atoms with van der Waals surface area (Å²) in [5.74, 6) is 0. The van der Waals surface area contributed by atoms with E-state index in [1.165, 1.54) is 4.90 Å². The highest BCUT2D eigenvalue weighted by atomic mass is 19.4. The highest BCUT2D eigenvalue weighted by Gasteiger charge is 2.40. The number of nitrogens with one attached hydrogen (secondary N) is 1. The minimum Gasteiger partial charge on any atom is -0.366 e. The van der Waals surface area contributed by atoms with Crippen LogP contribution in [-0.2, 0) is 4.74 Å². The predicted octanol–water partition coefficient (Wildman–Crippen LogP) is 2.15. The van der Waals surface area contributed by atoms with Crippen LogP contribution in [0.15, 0.2) is 0 Å². The number of rotatable bonds is 1. The van der Waals surface area contributed by atoms with Gasteiger partial charge in [-0.15, -0.1) is 0 Å². The fourth-order valence-electron chi connectivity index (χ4n) is 2.22. The van der Waals surface area contributed by atoms with Gasteiger partial charge in [0.15, 0.2) is 0 Å². The van der Waals surface area contributed by atoms with Crippen molar-refractivity contribution in [3.8, 4) is 0 Å². The molecule has 1 N–H and O–H groups in total. The lowest BCUT2D eigenvalue weighted by Gasteiger charge is -2.46. The second-order valence-corrected chi connectivity index (χ2v) is 5.75. The van der Waals surface area contributed by atoms with Crippen LogP contribution in [-0.4, -0.2) is 47.9 Å². The van der Waals surface area contributed by atoms with Gasteiger partial charge in [-0.3, -0.25) is 0 Å². The van der Waals surface area contributed by atoms with Crippen molar-refractivity contribution in [2.45, 2.75) is 45.1 Å². The monoisotopic (exact) mass is 268 g/mol. The second-order valence-electron chi connectivity index (χ2n) is 5.75. The van der Waals surface area contributed by atoms with E-state index in [2.05, 4.69) is 0 Å². The maximum Gasteiger partial charge on any atom is 0.405 e. The van der Waals surface area contributed by atoms with E-state index < -0.39 is 30.0 Å². The van der Waals surface area contributed by atoms with Gasteiger partial charge in [-0.1, -0.05) is 0 Å². The molecule has 18 heavy (non-hydrogen) atoms. The molecule has 0 saturated carbocycles. The Morgan fingerprint density at radius 2 is 1.67 bits per heavy atom. The van der Waals surface area contributed by atoms with Gasteiger partial charge in [0, 0.05) is 0 Å². The van der Waals surface area contributed by atoms with E-state index in [9.17, 15) is 18.0 Å². The number of hydrogen-bond donors (Lipinski definition) is 1. The molecule has 0 radical (unpaired) electrons. The third kappa shape index (κ3) is 4.72. The third-order valence-corrected chi connectivity index (χ3v) is 2.42. The van der Waals surface area contributed by atoms with E-state index >= 15 is 0 Å². The van der Waals surface area contributed by atoms with Crippen molar-refractivity contribution in [1.29, 1.82) is 0 Å². The SMILES string of the molecule is CC1(C)CN(C(=O)NCC(F)(F)F)CC(C)(C)O1. The van der Waals surface area contributed by atoms with Crippen LogP contribution in [0.4, 0.5) is 18.0 Å². The molecule has 1 rings (SSSR count). The van der Waals surface area contributed by atoms with Gasteiger partial charge in [-0.05, 0) is 27.7 Å². The van der Waals surface area contributed by atoms with Gasteiger partial charge in [0.2, 0.25) is 0 Å². The fraction of sp³-hybridized carbons (Fsp3) is 0.909. The molecule has 1 aliphatic rings. The lowest BCUT2D eigenvalue weighted by Crippen LogP contribution is -2.60. The molecule has 0 aromatic carbocycles. The molecule has 0 unspecified atom stereocenters. The van der Waals surface area contributed by atoms with E-state index in [-0.39, 0.29) is 13.1 Å². The van der Waals surface area contributed by atoms with Crippen molar-refractivity contribution in [3.63, 3.8) is 0 Å². The topological polar surface area (TPSA) is 41.6 Å². The fourth-order valence-corrected chi connectivity index (χ4v) is 2.22. The van der Waals surface area contributed by atoms with E-state index in [0.29, 0.717) is 0 Å². The van der Waals surface area contributed by atoms with Crippen LogP contribution in [0.3, 0.4) is 0 Å². The Hall–Kier alpha value is -0.980. The van der Waals surface area contributed by atoms with Gasteiger partial charge in [0.1, 0.15) is 6.54 Å². The van der Waals surface area contributed by atoms with Crippen LogP contribution in [0.5, 0.6) is 0 Å². The summed E-state index contributed by atoms with van der Waals surface area (Å²) in [6.45, 7) is 6.43. The number of ether oxygens (including phenoxy) is 1. The van der Waals surface area contributed by atoms with Gasteiger partial charge < -0.3 is 15.0 Å². The molecule has 1 saturated heterocycles. The van der Waals surface area contributed by atoms with E-state index in [0.717, 1.165) is 0 Å². The maximum absolute atomic E-state index is 12.0. The first-order chi connectivity index (χ1) is 7.90. The Morgan fingerprint density at radius 3 is 2.06 bits per heavy atom. The smallest absolute Gasteiger partial charge is 0.366 e. The molecule has 0 aliphatic carbocycles. The molecule has 2 amide bonds. The van der Waals surface area contributed by atoms with E-state index in [1.807, 2.05) is 5.32 Å². The van der Waals surface area contributed by atoms with E-state index in [1.54, 1.807) is 27.7 Å². The summed E-state index contributed by atoms with van der Waals surface area (Å²) in [4.78, 5) is 13.0. The summed E-state index contributed by atoms with van der Waals surface area (Å²) in [6, 6.07) is -0.711. The normalized spacial score (nSPS) is 22.7. The molecular formula is C11H19F3N2O2. The Bertz CT molecular complexity index is 311. The lowest BCUT2D eigenvalue weighted by molar-refractivity contribution is -0.170. The first kappa shape index (κ1) is 15.1. The van der Waals surface area contributed by atoms with Gasteiger partial charge in [0.25, 0.3) is 0 Å². The van der Waals surface area contributed by atoms with Crippen molar-refractivity contribution in [1.82, 2.24) is 10.2 Å². The average molecular weight is 268 g/mol. The largest absolute Gasteiger partial charge is 0.405 e. The molecule has 106 valence electrons. The Labute approximate surface area is 104 Å². The number of alkyl halides is 3. The number of halogens is 3.